The average molecular weight is 322 g/mol. The minimum Gasteiger partial charge on any atom is -0.495 e. The van der Waals surface area contributed by atoms with E-state index >= 15 is 0 Å². The molecule has 3 heteroatoms. The van der Waals surface area contributed by atoms with E-state index in [1.807, 2.05) is 6.07 Å². The van der Waals surface area contributed by atoms with Crippen molar-refractivity contribution in [2.24, 2.45) is 17.8 Å². The van der Waals surface area contributed by atoms with E-state index in [9.17, 15) is 0 Å². The van der Waals surface area contributed by atoms with Crippen molar-refractivity contribution in [2.45, 2.75) is 25.8 Å². The molecule has 1 saturated carbocycles. The summed E-state index contributed by atoms with van der Waals surface area (Å²) in [4.78, 5) is 0. The molecule has 0 saturated heterocycles. The van der Waals surface area contributed by atoms with E-state index < -0.39 is 0 Å². The zero-order valence-corrected chi connectivity index (χ0v) is 13.0. The molecule has 0 aromatic heterocycles. The van der Waals surface area contributed by atoms with Gasteiger partial charge in [-0.2, -0.15) is 0 Å². The second kappa shape index (κ2) is 5.20. The summed E-state index contributed by atoms with van der Waals surface area (Å²) in [6.45, 7) is 2.30. The number of anilines is 1. The van der Waals surface area contributed by atoms with Crippen LogP contribution in [0.15, 0.2) is 34.8 Å². The van der Waals surface area contributed by atoms with E-state index in [2.05, 4.69) is 52.5 Å². The summed E-state index contributed by atoms with van der Waals surface area (Å²) in [7, 11) is 1.70. The van der Waals surface area contributed by atoms with Crippen LogP contribution in [0.4, 0.5) is 5.69 Å². The Bertz CT molecular complexity index is 500. The lowest BCUT2D eigenvalue weighted by Crippen LogP contribution is -2.28. The Hall–Kier alpha value is -0.960. The van der Waals surface area contributed by atoms with Gasteiger partial charge in [0.05, 0.1) is 11.6 Å². The van der Waals surface area contributed by atoms with Gasteiger partial charge in [0.1, 0.15) is 5.75 Å². The third kappa shape index (κ3) is 2.53. The number of hydrogen-bond acceptors (Lipinski definition) is 2. The number of rotatable bonds is 4. The van der Waals surface area contributed by atoms with Crippen LogP contribution in [0.2, 0.25) is 0 Å². The van der Waals surface area contributed by atoms with Gasteiger partial charge < -0.3 is 10.1 Å². The zero-order valence-electron chi connectivity index (χ0n) is 11.4. The summed E-state index contributed by atoms with van der Waals surface area (Å²) in [5.41, 5.74) is 1.14. The van der Waals surface area contributed by atoms with Crippen LogP contribution in [0, 0.1) is 17.8 Å². The minimum atomic E-state index is 0.505. The maximum atomic E-state index is 5.34. The molecule has 2 bridgehead atoms. The number of methoxy groups -OCH3 is 1. The normalized spacial score (nSPS) is 29.5. The first-order chi connectivity index (χ1) is 9.17. The first-order valence-corrected chi connectivity index (χ1v) is 7.75. The molecule has 0 amide bonds. The second-order valence-corrected chi connectivity index (χ2v) is 6.58. The lowest BCUT2D eigenvalue weighted by Gasteiger charge is -2.27. The van der Waals surface area contributed by atoms with Gasteiger partial charge in [0, 0.05) is 17.8 Å². The Morgan fingerprint density at radius 2 is 2.16 bits per heavy atom. The monoisotopic (exact) mass is 321 g/mol. The van der Waals surface area contributed by atoms with Crippen LogP contribution < -0.4 is 10.1 Å². The fourth-order valence-electron chi connectivity index (χ4n) is 3.52. The first-order valence-electron chi connectivity index (χ1n) is 6.96. The van der Waals surface area contributed by atoms with Crippen LogP contribution in [0.3, 0.4) is 0 Å². The van der Waals surface area contributed by atoms with Gasteiger partial charge in [-0.1, -0.05) is 12.2 Å². The Balaban J connectivity index is 1.69. The quantitative estimate of drug-likeness (QED) is 0.826. The molecule has 0 aliphatic heterocycles. The van der Waals surface area contributed by atoms with E-state index in [1.165, 1.54) is 12.8 Å². The number of nitrogens with one attached hydrogen (secondary N) is 1. The smallest absolute Gasteiger partial charge is 0.135 e. The maximum absolute atomic E-state index is 5.34. The maximum Gasteiger partial charge on any atom is 0.135 e. The summed E-state index contributed by atoms with van der Waals surface area (Å²) >= 11 is 3.49. The van der Waals surface area contributed by atoms with Gasteiger partial charge in [-0.05, 0) is 65.6 Å². The fraction of sp³-hybridized carbons (Fsp3) is 0.500. The molecule has 1 aromatic carbocycles. The third-order valence-electron chi connectivity index (χ3n) is 4.52. The lowest BCUT2D eigenvalue weighted by atomic mass is 9.87. The molecule has 0 spiro atoms. The standard InChI is InChI=1S/C16H20BrNO/c1-10(14-8-11-3-4-12(14)7-11)18-13-5-6-15(17)16(9-13)19-2/h3-6,9-12,14,18H,7-8H2,1-2H3. The number of allylic oxidation sites excluding steroid dienone is 2. The Kier molecular flexibility index (Phi) is 3.57. The molecule has 4 atom stereocenters. The fourth-order valence-corrected chi connectivity index (χ4v) is 3.93. The Morgan fingerprint density at radius 1 is 1.32 bits per heavy atom. The summed E-state index contributed by atoms with van der Waals surface area (Å²) in [6, 6.07) is 6.70. The van der Waals surface area contributed by atoms with E-state index in [0.29, 0.717) is 6.04 Å². The van der Waals surface area contributed by atoms with Gasteiger partial charge in [0.25, 0.3) is 0 Å². The van der Waals surface area contributed by atoms with Gasteiger partial charge in [-0.3, -0.25) is 0 Å². The molecule has 1 fully saturated rings. The molecular formula is C16H20BrNO. The van der Waals surface area contributed by atoms with Crippen molar-refractivity contribution in [3.8, 4) is 5.75 Å². The largest absolute Gasteiger partial charge is 0.495 e. The van der Waals surface area contributed by atoms with Crippen molar-refractivity contribution in [3.05, 3.63) is 34.8 Å². The number of fused-ring (bicyclic) bond motifs is 2. The van der Waals surface area contributed by atoms with Crippen LogP contribution in [-0.4, -0.2) is 13.2 Å². The van der Waals surface area contributed by atoms with Gasteiger partial charge in [-0.15, -0.1) is 0 Å². The number of halogens is 1. The molecular weight excluding hydrogens is 302 g/mol. The predicted octanol–water partition coefficient (Wildman–Crippen LogP) is 4.47. The second-order valence-electron chi connectivity index (χ2n) is 5.73. The highest BCUT2D eigenvalue weighted by Crippen LogP contribution is 2.45. The number of ether oxygens (including phenoxy) is 1. The molecule has 1 N–H and O–H groups in total. The summed E-state index contributed by atoms with van der Waals surface area (Å²) in [5.74, 6) is 3.26. The predicted molar refractivity (Wildman–Crippen MR) is 82.6 cm³/mol. The Labute approximate surface area is 123 Å². The zero-order chi connectivity index (χ0) is 13.4. The molecule has 0 radical (unpaired) electrons. The SMILES string of the molecule is COc1cc(NC(C)C2CC3C=CC2C3)ccc1Br. The van der Waals surface area contributed by atoms with Crippen LogP contribution in [0.1, 0.15) is 19.8 Å². The van der Waals surface area contributed by atoms with Gasteiger partial charge in [0.2, 0.25) is 0 Å². The van der Waals surface area contributed by atoms with E-state index in [4.69, 9.17) is 4.74 Å². The first kappa shape index (κ1) is 13.0. The molecule has 0 heterocycles. The molecule has 102 valence electrons. The highest BCUT2D eigenvalue weighted by Gasteiger charge is 2.38. The van der Waals surface area contributed by atoms with Crippen molar-refractivity contribution < 1.29 is 4.74 Å². The highest BCUT2D eigenvalue weighted by atomic mass is 79.9. The van der Waals surface area contributed by atoms with E-state index in [0.717, 1.165) is 33.7 Å². The van der Waals surface area contributed by atoms with E-state index in [1.54, 1.807) is 7.11 Å². The average Bonchev–Trinajstić information content (AvgIpc) is 3.03. The molecule has 2 nitrogen and oxygen atoms in total. The molecule has 4 unspecified atom stereocenters. The third-order valence-corrected chi connectivity index (χ3v) is 5.17. The van der Waals surface area contributed by atoms with Gasteiger partial charge >= 0.3 is 0 Å². The highest BCUT2D eigenvalue weighted by molar-refractivity contribution is 9.10. The molecule has 2 aliphatic rings. The summed E-state index contributed by atoms with van der Waals surface area (Å²) < 4.78 is 6.34. The summed E-state index contributed by atoms with van der Waals surface area (Å²) in [5, 5.41) is 3.64. The van der Waals surface area contributed by atoms with E-state index in [-0.39, 0.29) is 0 Å². The van der Waals surface area contributed by atoms with Crippen LogP contribution in [0.5, 0.6) is 5.75 Å². The molecule has 3 rings (SSSR count). The van der Waals surface area contributed by atoms with Crippen molar-refractivity contribution in [2.75, 3.05) is 12.4 Å². The van der Waals surface area contributed by atoms with Gasteiger partial charge in [-0.25, -0.2) is 0 Å². The topological polar surface area (TPSA) is 21.3 Å². The molecule has 2 aliphatic carbocycles. The van der Waals surface area contributed by atoms with Crippen LogP contribution in [0.25, 0.3) is 0 Å². The lowest BCUT2D eigenvalue weighted by molar-refractivity contribution is 0.398. The van der Waals surface area contributed by atoms with Crippen molar-refractivity contribution in [1.29, 1.82) is 0 Å². The van der Waals surface area contributed by atoms with Crippen molar-refractivity contribution in [3.63, 3.8) is 0 Å². The summed E-state index contributed by atoms with van der Waals surface area (Å²) in [6.07, 6.45) is 7.51. The number of benzene rings is 1. The van der Waals surface area contributed by atoms with Crippen molar-refractivity contribution >= 4 is 21.6 Å². The van der Waals surface area contributed by atoms with Gasteiger partial charge in [0.15, 0.2) is 0 Å². The van der Waals surface area contributed by atoms with Crippen LogP contribution >= 0.6 is 15.9 Å². The van der Waals surface area contributed by atoms with Crippen molar-refractivity contribution in [1.82, 2.24) is 0 Å². The minimum absolute atomic E-state index is 0.505. The molecule has 19 heavy (non-hydrogen) atoms. The number of hydrogen-bond donors (Lipinski definition) is 1. The van der Waals surface area contributed by atoms with Crippen LogP contribution in [-0.2, 0) is 0 Å². The molecule has 1 aromatic rings. The Morgan fingerprint density at radius 3 is 2.79 bits per heavy atom.